The number of aliphatic hydroxyl groups excluding tert-OH is 1. The van der Waals surface area contributed by atoms with Gasteiger partial charge in [-0.05, 0) is 60.8 Å². The molecule has 0 unspecified atom stereocenters. The van der Waals surface area contributed by atoms with Gasteiger partial charge < -0.3 is 15.1 Å². The third-order valence-electron chi connectivity index (χ3n) is 5.65. The predicted octanol–water partition coefficient (Wildman–Crippen LogP) is 2.36. The van der Waals surface area contributed by atoms with Crippen molar-refractivity contribution in [3.63, 3.8) is 0 Å². The number of fused-ring (bicyclic) bond motifs is 1. The van der Waals surface area contributed by atoms with Crippen molar-refractivity contribution < 1.29 is 15.0 Å². The van der Waals surface area contributed by atoms with Gasteiger partial charge in [-0.3, -0.25) is 9.80 Å². The minimum absolute atomic E-state index is 0.00593. The summed E-state index contributed by atoms with van der Waals surface area (Å²) in [5, 5.41) is 18.0. The van der Waals surface area contributed by atoms with E-state index in [2.05, 4.69) is 30.1 Å². The number of hydrogen-bond donors (Lipinski definition) is 2. The van der Waals surface area contributed by atoms with E-state index in [0.717, 1.165) is 36.4 Å². The number of aliphatic hydroxyl groups is 2. The number of hydrogen-bond acceptors (Lipinski definition) is 4. The molecule has 0 atom stereocenters. The monoisotopic (exact) mass is 381 g/mol. The number of aryl methyl sites for hydroxylation is 1. The molecule has 1 saturated heterocycles. The highest BCUT2D eigenvalue weighted by Crippen LogP contribution is 2.29. The molecule has 28 heavy (non-hydrogen) atoms. The summed E-state index contributed by atoms with van der Waals surface area (Å²) in [6.07, 6.45) is 0.646. The quantitative estimate of drug-likeness (QED) is 0.781. The SMILES string of the molecule is CN1CCc2cc(N3CCN(c4ccc(CCC(O)O)cc4)C3=O)ccc2C1. The molecule has 2 heterocycles. The van der Waals surface area contributed by atoms with E-state index < -0.39 is 6.29 Å². The van der Waals surface area contributed by atoms with Crippen LogP contribution in [0.1, 0.15) is 23.1 Å². The minimum atomic E-state index is -1.29. The highest BCUT2D eigenvalue weighted by atomic mass is 16.5. The second kappa shape index (κ2) is 7.91. The number of likely N-dealkylation sites (N-methyl/N-ethyl adjacent to an activating group) is 1. The number of rotatable bonds is 5. The molecular formula is C22H27N3O3. The van der Waals surface area contributed by atoms with E-state index in [1.54, 1.807) is 4.90 Å². The third kappa shape index (κ3) is 3.90. The van der Waals surface area contributed by atoms with E-state index in [9.17, 15) is 4.79 Å². The number of carbonyl (C=O) groups excluding carboxylic acids is 1. The van der Waals surface area contributed by atoms with Gasteiger partial charge >= 0.3 is 6.03 Å². The highest BCUT2D eigenvalue weighted by Gasteiger charge is 2.31. The maximum atomic E-state index is 13.0. The van der Waals surface area contributed by atoms with Crippen molar-refractivity contribution in [1.82, 2.24) is 4.90 Å². The van der Waals surface area contributed by atoms with Crippen LogP contribution in [0.25, 0.3) is 0 Å². The summed E-state index contributed by atoms with van der Waals surface area (Å²) in [5.41, 5.74) is 5.58. The molecule has 0 radical (unpaired) electrons. The van der Waals surface area contributed by atoms with Gasteiger partial charge in [-0.25, -0.2) is 4.79 Å². The van der Waals surface area contributed by atoms with E-state index in [0.29, 0.717) is 25.9 Å². The molecule has 6 nitrogen and oxygen atoms in total. The molecule has 1 fully saturated rings. The molecule has 0 aromatic heterocycles. The van der Waals surface area contributed by atoms with E-state index in [-0.39, 0.29) is 6.03 Å². The zero-order valence-electron chi connectivity index (χ0n) is 16.2. The average molecular weight is 381 g/mol. The van der Waals surface area contributed by atoms with Crippen LogP contribution in [0.2, 0.25) is 0 Å². The third-order valence-corrected chi connectivity index (χ3v) is 5.65. The van der Waals surface area contributed by atoms with Crippen molar-refractivity contribution in [1.29, 1.82) is 0 Å². The molecule has 0 bridgehead atoms. The second-order valence-corrected chi connectivity index (χ2v) is 7.71. The Morgan fingerprint density at radius 3 is 2.32 bits per heavy atom. The molecule has 2 aromatic rings. The maximum Gasteiger partial charge on any atom is 0.329 e. The fourth-order valence-electron chi connectivity index (χ4n) is 4.00. The largest absolute Gasteiger partial charge is 0.368 e. The van der Waals surface area contributed by atoms with Crippen molar-refractivity contribution in [3.8, 4) is 0 Å². The zero-order valence-corrected chi connectivity index (χ0v) is 16.2. The van der Waals surface area contributed by atoms with Crippen LogP contribution in [0.15, 0.2) is 42.5 Å². The molecule has 2 aliphatic heterocycles. The molecular weight excluding hydrogens is 354 g/mol. The molecule has 0 spiro atoms. The van der Waals surface area contributed by atoms with E-state index in [1.165, 1.54) is 11.1 Å². The molecule has 2 aliphatic rings. The average Bonchev–Trinajstić information content (AvgIpc) is 3.07. The van der Waals surface area contributed by atoms with Crippen molar-refractivity contribution in [2.45, 2.75) is 32.1 Å². The minimum Gasteiger partial charge on any atom is -0.368 e. The summed E-state index contributed by atoms with van der Waals surface area (Å²) in [5.74, 6) is 0. The van der Waals surface area contributed by atoms with Gasteiger partial charge in [0.15, 0.2) is 6.29 Å². The number of carbonyl (C=O) groups is 1. The number of benzene rings is 2. The first-order chi connectivity index (χ1) is 13.5. The summed E-state index contributed by atoms with van der Waals surface area (Å²) in [4.78, 5) is 19.0. The Morgan fingerprint density at radius 1 is 0.929 bits per heavy atom. The van der Waals surface area contributed by atoms with Crippen LogP contribution < -0.4 is 9.80 Å². The number of amides is 2. The fraction of sp³-hybridized carbons (Fsp3) is 0.409. The number of nitrogens with zero attached hydrogens (tertiary/aromatic N) is 3. The van der Waals surface area contributed by atoms with E-state index in [4.69, 9.17) is 10.2 Å². The Labute approximate surface area is 165 Å². The number of urea groups is 1. The topological polar surface area (TPSA) is 67.2 Å². The van der Waals surface area contributed by atoms with Crippen LogP contribution in [0.5, 0.6) is 0 Å². The highest BCUT2D eigenvalue weighted by molar-refractivity contribution is 6.06. The van der Waals surface area contributed by atoms with Gasteiger partial charge in [0.1, 0.15) is 0 Å². The molecule has 0 aliphatic carbocycles. The van der Waals surface area contributed by atoms with Gasteiger partial charge in [0.25, 0.3) is 0 Å². The van der Waals surface area contributed by atoms with Crippen LogP contribution in [0, 0.1) is 0 Å². The van der Waals surface area contributed by atoms with Gasteiger partial charge in [-0.15, -0.1) is 0 Å². The van der Waals surface area contributed by atoms with Gasteiger partial charge in [0.2, 0.25) is 0 Å². The Morgan fingerprint density at radius 2 is 1.61 bits per heavy atom. The lowest BCUT2D eigenvalue weighted by molar-refractivity contribution is -0.0447. The first kappa shape index (κ1) is 18.9. The summed E-state index contributed by atoms with van der Waals surface area (Å²) >= 11 is 0. The Balaban J connectivity index is 1.46. The maximum absolute atomic E-state index is 13.0. The zero-order chi connectivity index (χ0) is 19.7. The molecule has 2 amide bonds. The smallest absolute Gasteiger partial charge is 0.329 e. The van der Waals surface area contributed by atoms with Crippen molar-refractivity contribution in [2.24, 2.45) is 0 Å². The molecule has 2 aromatic carbocycles. The molecule has 4 rings (SSSR count). The summed E-state index contributed by atoms with van der Waals surface area (Å²) in [6.45, 7) is 3.36. The van der Waals surface area contributed by atoms with Crippen LogP contribution in [-0.4, -0.2) is 54.1 Å². The standard InChI is InChI=1S/C22H27N3O3/c1-23-11-10-17-14-20(8-5-18(17)15-23)25-13-12-24(22(25)28)19-6-2-16(3-7-19)4-9-21(26)27/h2-3,5-8,14,21,26-27H,4,9-13,15H2,1H3. The van der Waals surface area contributed by atoms with Crippen molar-refractivity contribution >= 4 is 17.4 Å². The normalized spacial score (nSPS) is 17.5. The van der Waals surface area contributed by atoms with Gasteiger partial charge in [-0.2, -0.15) is 0 Å². The summed E-state index contributed by atoms with van der Waals surface area (Å²) in [6, 6.07) is 14.2. The lowest BCUT2D eigenvalue weighted by Gasteiger charge is -2.26. The summed E-state index contributed by atoms with van der Waals surface area (Å²) < 4.78 is 0. The summed E-state index contributed by atoms with van der Waals surface area (Å²) in [7, 11) is 2.13. The first-order valence-electron chi connectivity index (χ1n) is 9.86. The second-order valence-electron chi connectivity index (χ2n) is 7.71. The number of anilines is 2. The van der Waals surface area contributed by atoms with Crippen molar-refractivity contribution in [3.05, 3.63) is 59.2 Å². The van der Waals surface area contributed by atoms with Gasteiger partial charge in [0, 0.05) is 44.0 Å². The Kier molecular flexibility index (Phi) is 5.35. The Hall–Kier alpha value is -2.41. The van der Waals surface area contributed by atoms with Crippen LogP contribution in [0.3, 0.4) is 0 Å². The molecule has 148 valence electrons. The first-order valence-corrected chi connectivity index (χ1v) is 9.86. The van der Waals surface area contributed by atoms with Crippen LogP contribution in [0.4, 0.5) is 16.2 Å². The Bertz CT molecular complexity index is 851. The van der Waals surface area contributed by atoms with Gasteiger partial charge in [-0.1, -0.05) is 18.2 Å². The molecule has 6 heteroatoms. The van der Waals surface area contributed by atoms with Crippen LogP contribution >= 0.6 is 0 Å². The van der Waals surface area contributed by atoms with E-state index in [1.807, 2.05) is 29.2 Å². The lowest BCUT2D eigenvalue weighted by atomic mass is 9.99. The van der Waals surface area contributed by atoms with Crippen LogP contribution in [-0.2, 0) is 19.4 Å². The van der Waals surface area contributed by atoms with Crippen molar-refractivity contribution in [2.75, 3.05) is 36.5 Å². The molecule has 0 saturated carbocycles. The van der Waals surface area contributed by atoms with E-state index >= 15 is 0 Å². The molecule has 2 N–H and O–H groups in total. The fourth-order valence-corrected chi connectivity index (χ4v) is 4.00. The lowest BCUT2D eigenvalue weighted by Crippen LogP contribution is -2.32. The van der Waals surface area contributed by atoms with Gasteiger partial charge in [0.05, 0.1) is 0 Å². The predicted molar refractivity (Wildman–Crippen MR) is 110 cm³/mol.